The van der Waals surface area contributed by atoms with Gasteiger partial charge in [0.1, 0.15) is 0 Å². The highest BCUT2D eigenvalue weighted by molar-refractivity contribution is 5.15. The van der Waals surface area contributed by atoms with Crippen LogP contribution in [0.2, 0.25) is 0 Å². The molecule has 1 spiro atoms. The minimum absolute atomic E-state index is 0.154. The first kappa shape index (κ1) is 21.5. The molecule has 1 aromatic carbocycles. The van der Waals surface area contributed by atoms with E-state index in [2.05, 4.69) is 82.2 Å². The maximum Gasteiger partial charge on any atom is 0.175 e. The van der Waals surface area contributed by atoms with Gasteiger partial charge in [-0.3, -0.25) is 4.84 Å². The molecule has 0 bridgehead atoms. The van der Waals surface area contributed by atoms with E-state index in [1.165, 1.54) is 5.56 Å². The lowest BCUT2D eigenvalue weighted by Gasteiger charge is -2.62. The number of piperidine rings is 1. The molecule has 3 atom stereocenters. The highest BCUT2D eigenvalue weighted by atomic mass is 16.7. The van der Waals surface area contributed by atoms with Crippen LogP contribution in [0, 0.1) is 5.92 Å². The van der Waals surface area contributed by atoms with Crippen molar-refractivity contribution in [3.8, 4) is 0 Å². The second kappa shape index (κ2) is 8.66. The van der Waals surface area contributed by atoms with E-state index < -0.39 is 5.79 Å². The fraction of sp³-hybridized carbons (Fsp3) is 0.667. The van der Waals surface area contributed by atoms with E-state index in [-0.39, 0.29) is 17.0 Å². The first-order valence-electron chi connectivity index (χ1n) is 10.8. The van der Waals surface area contributed by atoms with Gasteiger partial charge < -0.3 is 9.47 Å². The summed E-state index contributed by atoms with van der Waals surface area (Å²) < 4.78 is 12.7. The van der Waals surface area contributed by atoms with Gasteiger partial charge in [0.15, 0.2) is 5.79 Å². The number of nitrogens with zero attached hydrogens (tertiary/aromatic N) is 1. The Kier molecular flexibility index (Phi) is 6.65. The number of hydroxylamine groups is 2. The Bertz CT molecular complexity index is 651. The van der Waals surface area contributed by atoms with Crippen LogP contribution >= 0.6 is 0 Å². The Balaban J connectivity index is 1.83. The monoisotopic (exact) mass is 387 g/mol. The quantitative estimate of drug-likeness (QED) is 0.633. The molecule has 28 heavy (non-hydrogen) atoms. The first-order valence-corrected chi connectivity index (χ1v) is 10.8. The van der Waals surface area contributed by atoms with Gasteiger partial charge in [0.25, 0.3) is 0 Å². The molecule has 0 amide bonds. The van der Waals surface area contributed by atoms with E-state index in [1.54, 1.807) is 0 Å². The molecule has 2 heterocycles. The van der Waals surface area contributed by atoms with Crippen molar-refractivity contribution >= 4 is 0 Å². The molecule has 0 aliphatic carbocycles. The zero-order valence-corrected chi connectivity index (χ0v) is 18.2. The summed E-state index contributed by atoms with van der Waals surface area (Å²) in [6.45, 7) is 13.2. The van der Waals surface area contributed by atoms with Crippen molar-refractivity contribution in [2.45, 2.75) is 77.2 Å². The third-order valence-electron chi connectivity index (χ3n) is 7.12. The van der Waals surface area contributed by atoms with Crippen molar-refractivity contribution in [2.75, 3.05) is 19.8 Å². The number of ether oxygens (including phenoxy) is 2. The van der Waals surface area contributed by atoms with E-state index in [4.69, 9.17) is 14.3 Å². The van der Waals surface area contributed by atoms with Gasteiger partial charge in [-0.2, -0.15) is 5.06 Å². The molecule has 1 aromatic rings. The average Bonchev–Trinajstić information content (AvgIpc) is 2.96. The van der Waals surface area contributed by atoms with Gasteiger partial charge in [-0.05, 0) is 38.7 Å². The summed E-state index contributed by atoms with van der Waals surface area (Å²) in [4.78, 5) is 6.54. The minimum atomic E-state index is -0.571. The van der Waals surface area contributed by atoms with Crippen molar-refractivity contribution < 1.29 is 14.3 Å². The topological polar surface area (TPSA) is 30.9 Å². The van der Waals surface area contributed by atoms with Crippen LogP contribution in [0.1, 0.15) is 59.4 Å². The largest absolute Gasteiger partial charge is 0.345 e. The fourth-order valence-electron chi connectivity index (χ4n) is 4.85. The van der Waals surface area contributed by atoms with Crippen molar-refractivity contribution in [1.82, 2.24) is 5.06 Å². The normalized spacial score (nSPS) is 33.1. The van der Waals surface area contributed by atoms with Gasteiger partial charge in [-0.15, -0.1) is 0 Å². The van der Waals surface area contributed by atoms with Crippen molar-refractivity contribution in [3.05, 3.63) is 48.0 Å². The predicted molar refractivity (Wildman–Crippen MR) is 113 cm³/mol. The average molecular weight is 388 g/mol. The predicted octanol–water partition coefficient (Wildman–Crippen LogP) is 5.14. The molecular formula is C24H37NO3. The molecule has 0 saturated carbocycles. The van der Waals surface area contributed by atoms with E-state index in [1.807, 2.05) is 0 Å². The molecule has 1 fully saturated rings. The first-order chi connectivity index (χ1) is 13.4. The van der Waals surface area contributed by atoms with Crippen LogP contribution in [0.4, 0.5) is 0 Å². The van der Waals surface area contributed by atoms with Crippen molar-refractivity contribution in [2.24, 2.45) is 5.92 Å². The Morgan fingerprint density at radius 1 is 1.04 bits per heavy atom. The van der Waals surface area contributed by atoms with Crippen LogP contribution in [-0.4, -0.2) is 41.7 Å². The molecule has 3 rings (SSSR count). The Labute approximate surface area is 170 Å². The Hall–Kier alpha value is -1.20. The van der Waals surface area contributed by atoms with E-state index in [0.29, 0.717) is 19.8 Å². The van der Waals surface area contributed by atoms with Gasteiger partial charge in [0, 0.05) is 17.9 Å². The lowest BCUT2D eigenvalue weighted by Crippen LogP contribution is -2.72. The van der Waals surface area contributed by atoms with Crippen LogP contribution in [0.15, 0.2) is 42.5 Å². The van der Waals surface area contributed by atoms with Gasteiger partial charge in [0.2, 0.25) is 0 Å². The smallest absolute Gasteiger partial charge is 0.175 e. The zero-order chi connectivity index (χ0) is 20.3. The summed E-state index contributed by atoms with van der Waals surface area (Å²) in [6, 6.07) is 10.6. The summed E-state index contributed by atoms with van der Waals surface area (Å²) in [5, 5.41) is 2.30. The van der Waals surface area contributed by atoms with E-state index in [0.717, 1.165) is 25.7 Å². The van der Waals surface area contributed by atoms with Gasteiger partial charge >= 0.3 is 0 Å². The fourth-order valence-corrected chi connectivity index (χ4v) is 4.85. The summed E-state index contributed by atoms with van der Waals surface area (Å²) >= 11 is 0. The van der Waals surface area contributed by atoms with Crippen molar-refractivity contribution in [1.29, 1.82) is 0 Å². The zero-order valence-electron chi connectivity index (χ0n) is 18.2. The molecule has 3 unspecified atom stereocenters. The molecule has 0 aromatic heterocycles. The molecule has 2 aliphatic heterocycles. The highest BCUT2D eigenvalue weighted by Gasteiger charge is 2.61. The molecule has 2 aliphatic rings. The summed E-state index contributed by atoms with van der Waals surface area (Å²) in [7, 11) is 0. The number of hydrogen-bond donors (Lipinski definition) is 0. The summed E-state index contributed by atoms with van der Waals surface area (Å²) in [6.07, 6.45) is 7.79. The van der Waals surface area contributed by atoms with Gasteiger partial charge in [0.05, 0.1) is 25.4 Å². The van der Waals surface area contributed by atoms with Gasteiger partial charge in [-0.1, -0.05) is 63.3 Å². The maximum absolute atomic E-state index is 6.54. The van der Waals surface area contributed by atoms with Crippen LogP contribution in [-0.2, 0) is 20.7 Å². The molecule has 0 N–H and O–H groups in total. The third kappa shape index (κ3) is 3.93. The van der Waals surface area contributed by atoms with Crippen LogP contribution in [0.5, 0.6) is 0 Å². The summed E-state index contributed by atoms with van der Waals surface area (Å²) in [5.74, 6) is -0.389. The number of benzene rings is 1. The number of hydrogen-bond acceptors (Lipinski definition) is 4. The van der Waals surface area contributed by atoms with Crippen LogP contribution in [0.25, 0.3) is 0 Å². The molecule has 156 valence electrons. The SMILES string of the molecule is CCC1(C)CC2(OCC=CCO2)C(C)C(C)(CC)N1OCCc1ccccc1. The lowest BCUT2D eigenvalue weighted by molar-refractivity contribution is -0.382. The Morgan fingerprint density at radius 2 is 1.68 bits per heavy atom. The molecular weight excluding hydrogens is 350 g/mol. The standard InChI is InChI=1S/C24H37NO3/c1-6-22(4)19-24(26-16-11-12-17-27-24)20(3)23(5,7-2)25(22)28-18-15-21-13-9-8-10-14-21/h8-14,20H,6-7,15-19H2,1-5H3. The second-order valence-corrected chi connectivity index (χ2v) is 8.73. The Morgan fingerprint density at radius 3 is 2.25 bits per heavy atom. The van der Waals surface area contributed by atoms with Crippen molar-refractivity contribution in [3.63, 3.8) is 0 Å². The van der Waals surface area contributed by atoms with Gasteiger partial charge in [-0.25, -0.2) is 0 Å². The van der Waals surface area contributed by atoms with Crippen LogP contribution in [0.3, 0.4) is 0 Å². The minimum Gasteiger partial charge on any atom is -0.345 e. The van der Waals surface area contributed by atoms with Crippen LogP contribution < -0.4 is 0 Å². The van der Waals surface area contributed by atoms with E-state index >= 15 is 0 Å². The molecule has 0 radical (unpaired) electrons. The third-order valence-corrected chi connectivity index (χ3v) is 7.12. The lowest BCUT2D eigenvalue weighted by atomic mass is 9.67. The molecule has 1 saturated heterocycles. The second-order valence-electron chi connectivity index (χ2n) is 8.73. The number of rotatable bonds is 6. The summed E-state index contributed by atoms with van der Waals surface area (Å²) in [5.41, 5.74) is 0.976. The molecule has 4 heteroatoms. The highest BCUT2D eigenvalue weighted by Crippen LogP contribution is 2.52. The van der Waals surface area contributed by atoms with E-state index in [9.17, 15) is 0 Å². The molecule has 4 nitrogen and oxygen atoms in total. The maximum atomic E-state index is 6.54.